The van der Waals surface area contributed by atoms with E-state index in [1.54, 1.807) is 6.07 Å². The second-order valence-electron chi connectivity index (χ2n) is 5.72. The van der Waals surface area contributed by atoms with Crippen molar-refractivity contribution >= 4 is 34.8 Å². The molecule has 2 aliphatic carbocycles. The van der Waals surface area contributed by atoms with Gasteiger partial charge in [0.15, 0.2) is 0 Å². The van der Waals surface area contributed by atoms with Crippen molar-refractivity contribution in [2.75, 3.05) is 24.2 Å². The summed E-state index contributed by atoms with van der Waals surface area (Å²) in [6.45, 7) is 0.971. The highest BCUT2D eigenvalue weighted by molar-refractivity contribution is 6.37. The molecule has 0 spiro atoms. The van der Waals surface area contributed by atoms with Gasteiger partial charge in [-0.2, -0.15) is 0 Å². The normalized spacial score (nSPS) is 28.7. The molecule has 0 aliphatic heterocycles. The molecular weight excluding hydrogens is 281 g/mol. The van der Waals surface area contributed by atoms with Crippen molar-refractivity contribution in [2.45, 2.75) is 25.7 Å². The minimum Gasteiger partial charge on any atom is -0.372 e. The van der Waals surface area contributed by atoms with Gasteiger partial charge in [-0.1, -0.05) is 29.6 Å². The lowest BCUT2D eigenvalue weighted by Crippen LogP contribution is -2.20. The van der Waals surface area contributed by atoms with Crippen molar-refractivity contribution in [2.24, 2.45) is 17.8 Å². The van der Waals surface area contributed by atoms with Gasteiger partial charge >= 0.3 is 0 Å². The number of hydrogen-bond acceptors (Lipinski definition) is 3. The number of anilines is 2. The highest BCUT2D eigenvalue weighted by Gasteiger charge is 2.39. The zero-order valence-corrected chi connectivity index (χ0v) is 12.6. The first kappa shape index (κ1) is 13.3. The molecule has 2 N–H and O–H groups in total. The highest BCUT2D eigenvalue weighted by Crippen LogP contribution is 2.48. The van der Waals surface area contributed by atoms with Crippen LogP contribution in [-0.4, -0.2) is 18.6 Å². The highest BCUT2D eigenvalue weighted by atomic mass is 35.5. The lowest BCUT2D eigenvalue weighted by atomic mass is 9.89. The van der Waals surface area contributed by atoms with Crippen LogP contribution in [0.4, 0.5) is 11.6 Å². The Morgan fingerprint density at radius 2 is 2.00 bits per heavy atom. The molecule has 2 saturated carbocycles. The maximum Gasteiger partial charge on any atom is 0.147 e. The van der Waals surface area contributed by atoms with E-state index in [9.17, 15) is 0 Å². The second-order valence-corrected chi connectivity index (χ2v) is 6.53. The zero-order chi connectivity index (χ0) is 13.4. The van der Waals surface area contributed by atoms with E-state index in [2.05, 4.69) is 15.6 Å². The van der Waals surface area contributed by atoms with Gasteiger partial charge < -0.3 is 10.6 Å². The fourth-order valence-electron chi connectivity index (χ4n) is 3.62. The summed E-state index contributed by atoms with van der Waals surface area (Å²) in [6.07, 6.45) is 5.63. The molecular formula is C14H19Cl2N3. The van der Waals surface area contributed by atoms with E-state index in [-0.39, 0.29) is 0 Å². The average Bonchev–Trinajstić information content (AvgIpc) is 3.00. The molecule has 3 atom stereocenters. The second kappa shape index (κ2) is 5.37. The van der Waals surface area contributed by atoms with E-state index in [1.807, 2.05) is 7.05 Å². The molecule has 2 aliphatic rings. The first-order valence-electron chi connectivity index (χ1n) is 6.95. The average molecular weight is 300 g/mol. The van der Waals surface area contributed by atoms with E-state index in [4.69, 9.17) is 23.2 Å². The molecule has 0 radical (unpaired) electrons. The third-order valence-corrected chi connectivity index (χ3v) is 5.16. The lowest BCUT2D eigenvalue weighted by molar-refractivity contribution is 0.348. The number of nitrogens with one attached hydrogen (secondary N) is 2. The summed E-state index contributed by atoms with van der Waals surface area (Å²) >= 11 is 12.2. The molecule has 1 aromatic heterocycles. The molecule has 2 bridgehead atoms. The van der Waals surface area contributed by atoms with Gasteiger partial charge in [0.1, 0.15) is 11.6 Å². The number of fused-ring (bicyclic) bond motifs is 2. The van der Waals surface area contributed by atoms with E-state index >= 15 is 0 Å². The van der Waals surface area contributed by atoms with Crippen LogP contribution >= 0.6 is 23.2 Å². The summed E-state index contributed by atoms with van der Waals surface area (Å²) in [5.74, 6) is 4.07. The van der Waals surface area contributed by atoms with Crippen LogP contribution in [0, 0.1) is 17.8 Å². The molecule has 104 valence electrons. The first-order valence-corrected chi connectivity index (χ1v) is 7.70. The maximum absolute atomic E-state index is 6.19. The van der Waals surface area contributed by atoms with Crippen molar-refractivity contribution in [1.82, 2.24) is 4.98 Å². The van der Waals surface area contributed by atoms with Crippen molar-refractivity contribution in [3.63, 3.8) is 0 Å². The Hall–Kier alpha value is -0.670. The third-order valence-electron chi connectivity index (χ3n) is 4.58. The van der Waals surface area contributed by atoms with Crippen molar-refractivity contribution in [1.29, 1.82) is 0 Å². The van der Waals surface area contributed by atoms with Gasteiger partial charge in [0, 0.05) is 13.6 Å². The molecule has 3 nitrogen and oxygen atoms in total. The van der Waals surface area contributed by atoms with Gasteiger partial charge in [-0.15, -0.1) is 0 Å². The molecule has 3 rings (SSSR count). The third kappa shape index (κ3) is 2.63. The van der Waals surface area contributed by atoms with E-state index < -0.39 is 0 Å². The van der Waals surface area contributed by atoms with Gasteiger partial charge in [0.05, 0.1) is 10.0 Å². The minimum atomic E-state index is 0.554. The number of aromatic nitrogens is 1. The van der Waals surface area contributed by atoms with Crippen LogP contribution in [-0.2, 0) is 0 Å². The largest absolute Gasteiger partial charge is 0.372 e. The number of halogens is 2. The molecule has 1 heterocycles. The lowest BCUT2D eigenvalue weighted by Gasteiger charge is -2.22. The van der Waals surface area contributed by atoms with E-state index in [0.717, 1.165) is 30.1 Å². The molecule has 0 aromatic carbocycles. The maximum atomic E-state index is 6.19. The fraction of sp³-hybridized carbons (Fsp3) is 0.643. The molecule has 0 saturated heterocycles. The molecule has 2 fully saturated rings. The van der Waals surface area contributed by atoms with Crippen molar-refractivity contribution in [3.8, 4) is 0 Å². The molecule has 0 amide bonds. The van der Waals surface area contributed by atoms with Crippen LogP contribution in [0.25, 0.3) is 0 Å². The van der Waals surface area contributed by atoms with Crippen LogP contribution < -0.4 is 10.6 Å². The summed E-state index contributed by atoms with van der Waals surface area (Å²) in [7, 11) is 1.81. The summed E-state index contributed by atoms with van der Waals surface area (Å²) in [4.78, 5) is 4.43. The summed E-state index contributed by atoms with van der Waals surface area (Å²) in [5, 5.41) is 7.52. The Bertz CT molecular complexity index is 478. The number of hydrogen-bond donors (Lipinski definition) is 2. The summed E-state index contributed by atoms with van der Waals surface area (Å²) in [6, 6.07) is 1.74. The molecule has 19 heavy (non-hydrogen) atoms. The number of pyridine rings is 1. The Kier molecular flexibility index (Phi) is 3.77. The van der Waals surface area contributed by atoms with Crippen LogP contribution in [0.2, 0.25) is 10.0 Å². The zero-order valence-electron chi connectivity index (χ0n) is 11.0. The predicted molar refractivity (Wildman–Crippen MR) is 81.2 cm³/mol. The standard InChI is InChI=1S/C14H19Cl2N3/c1-17-13-11(15)6-12(16)14(19-13)18-7-10-5-8-2-3-9(10)4-8/h6,8-10H,2-5,7H2,1H3,(H2,17,18,19). The van der Waals surface area contributed by atoms with E-state index in [0.29, 0.717) is 15.9 Å². The molecule has 3 unspecified atom stereocenters. The summed E-state index contributed by atoms with van der Waals surface area (Å²) < 4.78 is 0. The Balaban J connectivity index is 1.66. The number of rotatable bonds is 4. The Labute approximate surface area is 124 Å². The molecule has 1 aromatic rings. The van der Waals surface area contributed by atoms with Gasteiger partial charge in [0.2, 0.25) is 0 Å². The van der Waals surface area contributed by atoms with Crippen LogP contribution in [0.15, 0.2) is 6.07 Å². The number of nitrogens with zero attached hydrogens (tertiary/aromatic N) is 1. The van der Waals surface area contributed by atoms with Crippen molar-refractivity contribution in [3.05, 3.63) is 16.1 Å². The van der Waals surface area contributed by atoms with Crippen LogP contribution in [0.1, 0.15) is 25.7 Å². The first-order chi connectivity index (χ1) is 9.17. The monoisotopic (exact) mass is 299 g/mol. The van der Waals surface area contributed by atoms with Crippen LogP contribution in [0.3, 0.4) is 0 Å². The summed E-state index contributed by atoms with van der Waals surface area (Å²) in [5.41, 5.74) is 0. The van der Waals surface area contributed by atoms with Gasteiger partial charge in [-0.05, 0) is 43.1 Å². The SMILES string of the molecule is CNc1nc(NCC2CC3CCC2C3)c(Cl)cc1Cl. The van der Waals surface area contributed by atoms with E-state index in [1.165, 1.54) is 25.7 Å². The predicted octanol–water partition coefficient (Wildman–Crippen LogP) is 4.28. The fourth-order valence-corrected chi connectivity index (χ4v) is 4.14. The Morgan fingerprint density at radius 1 is 1.21 bits per heavy atom. The molecule has 5 heteroatoms. The minimum absolute atomic E-state index is 0.554. The van der Waals surface area contributed by atoms with Gasteiger partial charge in [-0.3, -0.25) is 0 Å². The van der Waals surface area contributed by atoms with Gasteiger partial charge in [0.25, 0.3) is 0 Å². The van der Waals surface area contributed by atoms with Crippen LogP contribution in [0.5, 0.6) is 0 Å². The Morgan fingerprint density at radius 3 is 2.63 bits per heavy atom. The quantitative estimate of drug-likeness (QED) is 0.871. The van der Waals surface area contributed by atoms with Crippen molar-refractivity contribution < 1.29 is 0 Å². The van der Waals surface area contributed by atoms with Gasteiger partial charge in [-0.25, -0.2) is 4.98 Å². The topological polar surface area (TPSA) is 37.0 Å². The smallest absolute Gasteiger partial charge is 0.147 e.